The van der Waals surface area contributed by atoms with Crippen LogP contribution in [0.5, 0.6) is 0 Å². The fraction of sp³-hybridized carbons (Fsp3) is 0.0833. The van der Waals surface area contributed by atoms with Gasteiger partial charge < -0.3 is 0 Å². The van der Waals surface area contributed by atoms with Crippen molar-refractivity contribution in [3.05, 3.63) is 52.8 Å². The van der Waals surface area contributed by atoms with Crippen molar-refractivity contribution < 1.29 is 8.42 Å². The summed E-state index contributed by atoms with van der Waals surface area (Å²) in [4.78, 5) is 4.08. The van der Waals surface area contributed by atoms with Gasteiger partial charge in [0, 0.05) is 22.4 Å². The Morgan fingerprint density at radius 3 is 2.65 bits per heavy atom. The summed E-state index contributed by atoms with van der Waals surface area (Å²) < 4.78 is 22.3. The Kier molecular flexibility index (Phi) is 3.91. The van der Waals surface area contributed by atoms with Crippen molar-refractivity contribution in [2.24, 2.45) is 0 Å². The number of benzene rings is 1. The lowest BCUT2D eigenvalue weighted by Crippen LogP contribution is -1.88. The Labute approximate surface area is 110 Å². The lowest BCUT2D eigenvalue weighted by molar-refractivity contribution is 0.614. The zero-order valence-corrected chi connectivity index (χ0v) is 11.3. The van der Waals surface area contributed by atoms with Crippen LogP contribution in [0.1, 0.15) is 5.56 Å². The minimum atomic E-state index is -2.39. The molecule has 0 spiro atoms. The number of hydrogen-bond donors (Lipinski definition) is 1. The maximum Gasteiger partial charge on any atom is 0.144 e. The van der Waals surface area contributed by atoms with Crippen LogP contribution in [-0.4, -0.2) is 13.4 Å². The van der Waals surface area contributed by atoms with Gasteiger partial charge >= 0.3 is 0 Å². The third-order valence-corrected chi connectivity index (χ3v) is 3.33. The SMILES string of the molecule is O=[SH](=O)Cc1cccc(-c2cncc(Br)c2)c1. The molecule has 0 saturated carbocycles. The highest BCUT2D eigenvalue weighted by atomic mass is 79.9. The number of nitrogens with zero attached hydrogens (tertiary/aromatic N) is 1. The summed E-state index contributed by atoms with van der Waals surface area (Å²) in [6, 6.07) is 9.41. The summed E-state index contributed by atoms with van der Waals surface area (Å²) >= 11 is 3.36. The molecule has 0 saturated heterocycles. The summed E-state index contributed by atoms with van der Waals surface area (Å²) in [5.41, 5.74) is 2.72. The van der Waals surface area contributed by atoms with E-state index in [0.29, 0.717) is 0 Å². The molecule has 5 heteroatoms. The molecule has 0 radical (unpaired) electrons. The van der Waals surface area contributed by atoms with Crippen LogP contribution in [0.4, 0.5) is 0 Å². The highest BCUT2D eigenvalue weighted by molar-refractivity contribution is 9.10. The first-order chi connectivity index (χ1) is 8.15. The van der Waals surface area contributed by atoms with Gasteiger partial charge in [0.2, 0.25) is 0 Å². The van der Waals surface area contributed by atoms with Gasteiger partial charge in [0.1, 0.15) is 10.7 Å². The van der Waals surface area contributed by atoms with E-state index in [2.05, 4.69) is 20.9 Å². The summed E-state index contributed by atoms with van der Waals surface area (Å²) in [6.45, 7) is 0. The van der Waals surface area contributed by atoms with Crippen molar-refractivity contribution >= 4 is 26.6 Å². The van der Waals surface area contributed by atoms with Crippen LogP contribution < -0.4 is 0 Å². The molecule has 2 aromatic rings. The Morgan fingerprint density at radius 2 is 1.94 bits per heavy atom. The third-order valence-electron chi connectivity index (χ3n) is 2.28. The smallest absolute Gasteiger partial charge is 0.144 e. The maximum atomic E-state index is 10.7. The van der Waals surface area contributed by atoms with Crippen molar-refractivity contribution in [3.8, 4) is 11.1 Å². The average Bonchev–Trinajstić information content (AvgIpc) is 2.28. The second-order valence-electron chi connectivity index (χ2n) is 3.58. The Bertz CT molecular complexity index is 603. The molecular formula is C12H10BrNO2S. The molecule has 0 aliphatic rings. The van der Waals surface area contributed by atoms with E-state index in [1.54, 1.807) is 18.5 Å². The monoisotopic (exact) mass is 311 g/mol. The zero-order chi connectivity index (χ0) is 12.3. The van der Waals surface area contributed by atoms with Crippen LogP contribution in [0.3, 0.4) is 0 Å². The molecule has 0 unspecified atom stereocenters. The first-order valence-corrected chi connectivity index (χ1v) is 7.12. The Balaban J connectivity index is 2.39. The average molecular weight is 312 g/mol. The van der Waals surface area contributed by atoms with Crippen molar-refractivity contribution in [3.63, 3.8) is 0 Å². The van der Waals surface area contributed by atoms with Crippen LogP contribution in [0, 0.1) is 0 Å². The highest BCUT2D eigenvalue weighted by Gasteiger charge is 2.01. The molecule has 3 nitrogen and oxygen atoms in total. The molecule has 2 rings (SSSR count). The standard InChI is InChI=1S/C12H10BrNO2S/c13-12-5-11(6-14-7-12)10-3-1-2-9(4-10)8-17(15)16/h1-7,17H,8H2. The van der Waals surface area contributed by atoms with E-state index in [9.17, 15) is 8.42 Å². The third kappa shape index (κ3) is 3.38. The van der Waals surface area contributed by atoms with E-state index in [1.807, 2.05) is 24.3 Å². The summed E-state index contributed by atoms with van der Waals surface area (Å²) in [7, 11) is -2.39. The molecule has 0 aliphatic heterocycles. The van der Waals surface area contributed by atoms with E-state index < -0.39 is 10.7 Å². The molecule has 0 amide bonds. The predicted octanol–water partition coefficient (Wildman–Crippen LogP) is 2.62. The number of aromatic nitrogens is 1. The van der Waals surface area contributed by atoms with Crippen molar-refractivity contribution in [2.75, 3.05) is 0 Å². The molecule has 1 aromatic carbocycles. The van der Waals surface area contributed by atoms with Crippen LogP contribution >= 0.6 is 15.9 Å². The fourth-order valence-corrected chi connectivity index (χ4v) is 2.43. The van der Waals surface area contributed by atoms with E-state index in [-0.39, 0.29) is 5.75 Å². The minimum absolute atomic E-state index is 0.0740. The van der Waals surface area contributed by atoms with Crippen LogP contribution in [-0.2, 0) is 16.5 Å². The van der Waals surface area contributed by atoms with Gasteiger partial charge in [0.25, 0.3) is 0 Å². The fourth-order valence-electron chi connectivity index (χ4n) is 1.57. The minimum Gasteiger partial charge on any atom is -0.263 e. The maximum absolute atomic E-state index is 10.7. The van der Waals surface area contributed by atoms with Gasteiger partial charge in [-0.1, -0.05) is 24.3 Å². The zero-order valence-electron chi connectivity index (χ0n) is 8.84. The van der Waals surface area contributed by atoms with Crippen LogP contribution in [0.15, 0.2) is 47.2 Å². The van der Waals surface area contributed by atoms with E-state index in [4.69, 9.17) is 0 Å². The normalized spacial score (nSPS) is 10.7. The van der Waals surface area contributed by atoms with E-state index in [0.717, 1.165) is 21.2 Å². The molecule has 0 bridgehead atoms. The number of thiol groups is 1. The lowest BCUT2D eigenvalue weighted by Gasteiger charge is -2.03. The molecular weight excluding hydrogens is 302 g/mol. The van der Waals surface area contributed by atoms with E-state index in [1.165, 1.54) is 0 Å². The van der Waals surface area contributed by atoms with Gasteiger partial charge in [-0.3, -0.25) is 4.98 Å². The quantitative estimate of drug-likeness (QED) is 0.886. The van der Waals surface area contributed by atoms with Gasteiger partial charge in [-0.2, -0.15) is 0 Å². The molecule has 0 N–H and O–H groups in total. The topological polar surface area (TPSA) is 47.0 Å². The summed E-state index contributed by atoms with van der Waals surface area (Å²) in [6.07, 6.45) is 3.46. The Hall–Kier alpha value is -1.20. The number of pyridine rings is 1. The molecule has 0 fully saturated rings. The largest absolute Gasteiger partial charge is 0.263 e. The van der Waals surface area contributed by atoms with Crippen LogP contribution in [0.25, 0.3) is 11.1 Å². The molecule has 0 aliphatic carbocycles. The second kappa shape index (κ2) is 5.42. The van der Waals surface area contributed by atoms with Gasteiger partial charge in [-0.15, -0.1) is 0 Å². The highest BCUT2D eigenvalue weighted by Crippen LogP contribution is 2.22. The van der Waals surface area contributed by atoms with Crippen molar-refractivity contribution in [1.82, 2.24) is 4.98 Å². The number of rotatable bonds is 3. The summed E-state index contributed by atoms with van der Waals surface area (Å²) in [5, 5.41) is 0. The second-order valence-corrected chi connectivity index (χ2v) is 5.48. The van der Waals surface area contributed by atoms with Crippen molar-refractivity contribution in [2.45, 2.75) is 5.75 Å². The van der Waals surface area contributed by atoms with Gasteiger partial charge in [0.05, 0.1) is 5.75 Å². The summed E-state index contributed by atoms with van der Waals surface area (Å²) in [5.74, 6) is 0.0740. The first kappa shape index (κ1) is 12.3. The molecule has 0 atom stereocenters. The number of halogens is 1. The van der Waals surface area contributed by atoms with Crippen LogP contribution in [0.2, 0.25) is 0 Å². The van der Waals surface area contributed by atoms with Gasteiger partial charge in [0.15, 0.2) is 0 Å². The molecule has 1 aromatic heterocycles. The lowest BCUT2D eigenvalue weighted by atomic mass is 10.1. The Morgan fingerprint density at radius 1 is 1.12 bits per heavy atom. The van der Waals surface area contributed by atoms with Crippen molar-refractivity contribution in [1.29, 1.82) is 0 Å². The number of hydrogen-bond acceptors (Lipinski definition) is 3. The molecule has 88 valence electrons. The molecule has 1 heterocycles. The van der Waals surface area contributed by atoms with E-state index >= 15 is 0 Å². The van der Waals surface area contributed by atoms with Gasteiger partial charge in [-0.25, -0.2) is 8.42 Å². The van der Waals surface area contributed by atoms with Gasteiger partial charge in [-0.05, 0) is 33.1 Å². The molecule has 17 heavy (non-hydrogen) atoms. The predicted molar refractivity (Wildman–Crippen MR) is 71.4 cm³/mol. The first-order valence-electron chi connectivity index (χ1n) is 4.97.